The van der Waals surface area contributed by atoms with Crippen molar-refractivity contribution in [1.29, 1.82) is 0 Å². The average molecular weight is 234 g/mol. The molecule has 3 nitrogen and oxygen atoms in total. The van der Waals surface area contributed by atoms with E-state index in [9.17, 15) is 9.59 Å². The first-order valence-corrected chi connectivity index (χ1v) is 5.21. The molecule has 1 heterocycles. The van der Waals surface area contributed by atoms with Crippen molar-refractivity contribution in [2.75, 3.05) is 18.4 Å². The fourth-order valence-corrected chi connectivity index (χ4v) is 1.63. The Morgan fingerprint density at radius 1 is 1.33 bits per heavy atom. The van der Waals surface area contributed by atoms with Crippen LogP contribution in [-0.2, 0) is 9.59 Å². The summed E-state index contributed by atoms with van der Waals surface area (Å²) in [4.78, 5) is 23.5. The Kier molecular flexibility index (Phi) is 3.72. The Morgan fingerprint density at radius 2 is 2.08 bits per heavy atom. The molecule has 68 valence electrons. The lowest BCUT2D eigenvalue weighted by Gasteiger charge is -2.13. The number of hydrogen-bond donors (Lipinski definition) is 0. The summed E-state index contributed by atoms with van der Waals surface area (Å²) >= 11 is 3.32. The Balaban J connectivity index is 2.24. The maximum absolute atomic E-state index is 11.1. The average Bonchev–Trinajstić information content (AvgIpc) is 2.31. The van der Waals surface area contributed by atoms with Crippen LogP contribution in [0.2, 0.25) is 0 Å². The van der Waals surface area contributed by atoms with Crippen molar-refractivity contribution in [3.05, 3.63) is 0 Å². The van der Waals surface area contributed by atoms with Crippen molar-refractivity contribution in [3.63, 3.8) is 0 Å². The molecule has 0 aromatic rings. The SMILES string of the molecule is O=C1CC(=O)N(CCCCBr)C1. The fraction of sp³-hybridized carbons (Fsp3) is 0.750. The van der Waals surface area contributed by atoms with Crippen LogP contribution in [-0.4, -0.2) is 35.0 Å². The third-order valence-corrected chi connectivity index (χ3v) is 2.44. The molecule has 1 amide bonds. The van der Waals surface area contributed by atoms with Crippen molar-refractivity contribution >= 4 is 27.6 Å². The zero-order chi connectivity index (χ0) is 8.97. The van der Waals surface area contributed by atoms with E-state index in [4.69, 9.17) is 0 Å². The minimum absolute atomic E-state index is 0.00503. The molecule has 0 N–H and O–H groups in total. The lowest BCUT2D eigenvalue weighted by molar-refractivity contribution is -0.127. The van der Waals surface area contributed by atoms with Gasteiger partial charge in [-0.3, -0.25) is 9.59 Å². The number of halogens is 1. The highest BCUT2D eigenvalue weighted by atomic mass is 79.9. The standard InChI is InChI=1S/C8H12BrNO2/c9-3-1-2-4-10-6-7(11)5-8(10)12/h1-6H2. The first-order valence-electron chi connectivity index (χ1n) is 4.09. The number of rotatable bonds is 4. The highest BCUT2D eigenvalue weighted by Gasteiger charge is 2.26. The number of amides is 1. The first-order chi connectivity index (χ1) is 5.74. The van der Waals surface area contributed by atoms with Crippen LogP contribution in [0.4, 0.5) is 0 Å². The van der Waals surface area contributed by atoms with E-state index in [0.717, 1.165) is 24.7 Å². The third-order valence-electron chi connectivity index (χ3n) is 1.88. The monoisotopic (exact) mass is 233 g/mol. The Hall–Kier alpha value is -0.380. The van der Waals surface area contributed by atoms with Crippen LogP contribution in [0.3, 0.4) is 0 Å². The second-order valence-corrected chi connectivity index (χ2v) is 3.72. The molecule has 1 rings (SSSR count). The minimum atomic E-state index is -0.00503. The Bertz CT molecular complexity index is 193. The molecule has 12 heavy (non-hydrogen) atoms. The van der Waals surface area contributed by atoms with Crippen LogP contribution in [0.25, 0.3) is 0 Å². The molecular weight excluding hydrogens is 222 g/mol. The van der Waals surface area contributed by atoms with E-state index in [2.05, 4.69) is 15.9 Å². The summed E-state index contributed by atoms with van der Waals surface area (Å²) in [5.74, 6) is 0.0495. The Morgan fingerprint density at radius 3 is 2.58 bits per heavy atom. The molecule has 1 fully saturated rings. The molecule has 4 heteroatoms. The zero-order valence-electron chi connectivity index (χ0n) is 6.88. The molecule has 0 aromatic carbocycles. The van der Waals surface area contributed by atoms with Crippen LogP contribution in [0.5, 0.6) is 0 Å². The van der Waals surface area contributed by atoms with E-state index < -0.39 is 0 Å². The van der Waals surface area contributed by atoms with Crippen molar-refractivity contribution in [1.82, 2.24) is 4.90 Å². The van der Waals surface area contributed by atoms with Crippen LogP contribution >= 0.6 is 15.9 Å². The van der Waals surface area contributed by atoms with Gasteiger partial charge in [0.05, 0.1) is 13.0 Å². The molecule has 0 unspecified atom stereocenters. The van der Waals surface area contributed by atoms with Gasteiger partial charge in [-0.1, -0.05) is 15.9 Å². The van der Waals surface area contributed by atoms with Crippen molar-refractivity contribution in [2.45, 2.75) is 19.3 Å². The van der Waals surface area contributed by atoms with E-state index in [1.54, 1.807) is 4.90 Å². The molecule has 0 atom stereocenters. The van der Waals surface area contributed by atoms with E-state index in [1.807, 2.05) is 0 Å². The molecule has 0 radical (unpaired) electrons. The molecule has 0 aromatic heterocycles. The number of carbonyl (C=O) groups excluding carboxylic acids is 2. The molecule has 1 aliphatic heterocycles. The lowest BCUT2D eigenvalue weighted by atomic mass is 10.3. The smallest absolute Gasteiger partial charge is 0.230 e. The highest BCUT2D eigenvalue weighted by Crippen LogP contribution is 2.07. The van der Waals surface area contributed by atoms with Gasteiger partial charge in [-0.25, -0.2) is 0 Å². The zero-order valence-corrected chi connectivity index (χ0v) is 8.47. The second kappa shape index (κ2) is 4.60. The normalized spacial score (nSPS) is 17.6. The number of likely N-dealkylation sites (tertiary alicyclic amines) is 1. The maximum atomic E-state index is 11.1. The summed E-state index contributed by atoms with van der Waals surface area (Å²) in [5.41, 5.74) is 0. The summed E-state index contributed by atoms with van der Waals surface area (Å²) in [7, 11) is 0. The Labute approximate surface area is 80.2 Å². The summed E-state index contributed by atoms with van der Waals surface area (Å²) < 4.78 is 0. The van der Waals surface area contributed by atoms with Gasteiger partial charge < -0.3 is 4.90 Å². The largest absolute Gasteiger partial charge is 0.335 e. The van der Waals surface area contributed by atoms with Gasteiger partial charge in [-0.15, -0.1) is 0 Å². The second-order valence-electron chi connectivity index (χ2n) is 2.93. The van der Waals surface area contributed by atoms with Crippen LogP contribution in [0.1, 0.15) is 19.3 Å². The maximum Gasteiger partial charge on any atom is 0.230 e. The highest BCUT2D eigenvalue weighted by molar-refractivity contribution is 9.09. The van der Waals surface area contributed by atoms with Crippen LogP contribution in [0.15, 0.2) is 0 Å². The van der Waals surface area contributed by atoms with Crippen LogP contribution < -0.4 is 0 Å². The predicted octanol–water partition coefficient (Wildman–Crippen LogP) is 0.963. The fourth-order valence-electron chi connectivity index (χ4n) is 1.24. The first kappa shape index (κ1) is 9.71. The van der Waals surface area contributed by atoms with E-state index in [1.165, 1.54) is 0 Å². The summed E-state index contributed by atoms with van der Waals surface area (Å²) in [6.45, 7) is 1.07. The van der Waals surface area contributed by atoms with E-state index >= 15 is 0 Å². The quantitative estimate of drug-likeness (QED) is 0.413. The van der Waals surface area contributed by atoms with Gasteiger partial charge in [0.15, 0.2) is 5.78 Å². The number of unbranched alkanes of at least 4 members (excludes halogenated alkanes) is 1. The van der Waals surface area contributed by atoms with Gasteiger partial charge >= 0.3 is 0 Å². The number of alkyl halides is 1. The van der Waals surface area contributed by atoms with Gasteiger partial charge in [0.2, 0.25) is 5.91 Å². The van der Waals surface area contributed by atoms with Crippen molar-refractivity contribution in [3.8, 4) is 0 Å². The summed E-state index contributed by atoms with van der Waals surface area (Å²) in [6.07, 6.45) is 2.15. The number of nitrogens with zero attached hydrogens (tertiary/aromatic N) is 1. The lowest BCUT2D eigenvalue weighted by Crippen LogP contribution is -2.26. The van der Waals surface area contributed by atoms with Gasteiger partial charge in [0, 0.05) is 11.9 Å². The summed E-state index contributed by atoms with van der Waals surface area (Å²) in [5, 5.41) is 0.961. The number of carbonyl (C=O) groups is 2. The van der Waals surface area contributed by atoms with Gasteiger partial charge in [0.25, 0.3) is 0 Å². The molecule has 1 saturated heterocycles. The molecule has 1 aliphatic rings. The molecule has 0 spiro atoms. The van der Waals surface area contributed by atoms with Gasteiger partial charge in [-0.2, -0.15) is 0 Å². The predicted molar refractivity (Wildman–Crippen MR) is 49.2 cm³/mol. The topological polar surface area (TPSA) is 37.4 Å². The molecular formula is C8H12BrNO2. The molecule has 0 aliphatic carbocycles. The number of ketones is 1. The van der Waals surface area contributed by atoms with Crippen LogP contribution in [0, 0.1) is 0 Å². The van der Waals surface area contributed by atoms with E-state index in [0.29, 0.717) is 6.54 Å². The van der Waals surface area contributed by atoms with Crippen molar-refractivity contribution < 1.29 is 9.59 Å². The molecule has 0 saturated carbocycles. The van der Waals surface area contributed by atoms with Crippen molar-refractivity contribution in [2.24, 2.45) is 0 Å². The van der Waals surface area contributed by atoms with Gasteiger partial charge in [-0.05, 0) is 12.8 Å². The van der Waals surface area contributed by atoms with E-state index in [-0.39, 0.29) is 18.1 Å². The summed E-state index contributed by atoms with van der Waals surface area (Å²) in [6, 6.07) is 0. The molecule has 0 bridgehead atoms. The third kappa shape index (κ3) is 2.59. The minimum Gasteiger partial charge on any atom is -0.335 e. The number of hydrogen-bond acceptors (Lipinski definition) is 2. The number of Topliss-reactive ketones (excluding diaryl/α,β-unsaturated/α-hetero) is 1. The van der Waals surface area contributed by atoms with Gasteiger partial charge in [0.1, 0.15) is 0 Å².